The first kappa shape index (κ1) is 11.7. The van der Waals surface area contributed by atoms with Crippen LogP contribution in [-0.4, -0.2) is 12.4 Å². The molecule has 0 heterocycles. The smallest absolute Gasteiger partial charge is 0.146 e. The molecular weight excluding hydrogens is 248 g/mol. The van der Waals surface area contributed by atoms with E-state index >= 15 is 0 Å². The van der Waals surface area contributed by atoms with Crippen molar-refractivity contribution in [3.8, 4) is 5.75 Å². The summed E-state index contributed by atoms with van der Waals surface area (Å²) in [6.45, 7) is 0.630. The second kappa shape index (κ2) is 4.48. The number of Topliss-reactive ketones (excluding diaryl/α,β-unsaturated/α-hetero) is 1. The van der Waals surface area contributed by atoms with Crippen LogP contribution in [0.2, 0.25) is 0 Å². The zero-order valence-corrected chi connectivity index (χ0v) is 11.2. The van der Waals surface area contributed by atoms with Crippen LogP contribution in [0.15, 0.2) is 54.6 Å². The van der Waals surface area contributed by atoms with Gasteiger partial charge in [0.15, 0.2) is 0 Å². The number of rotatable bonds is 3. The van der Waals surface area contributed by atoms with Crippen molar-refractivity contribution in [2.75, 3.05) is 6.61 Å². The Balaban J connectivity index is 1.55. The molecule has 0 spiro atoms. The fourth-order valence-corrected chi connectivity index (χ4v) is 3.44. The maximum absolute atomic E-state index is 11.9. The first-order chi connectivity index (χ1) is 9.83. The van der Waals surface area contributed by atoms with Gasteiger partial charge in [-0.15, -0.1) is 0 Å². The Hall–Kier alpha value is -2.09. The van der Waals surface area contributed by atoms with E-state index in [1.807, 2.05) is 24.3 Å². The van der Waals surface area contributed by atoms with E-state index in [0.717, 1.165) is 17.6 Å². The van der Waals surface area contributed by atoms with Gasteiger partial charge in [-0.25, -0.2) is 0 Å². The topological polar surface area (TPSA) is 26.3 Å². The van der Waals surface area contributed by atoms with Gasteiger partial charge in [-0.05, 0) is 17.9 Å². The third-order valence-corrected chi connectivity index (χ3v) is 4.51. The Labute approximate surface area is 118 Å². The number of carbonyl (C=O) groups is 1. The van der Waals surface area contributed by atoms with Crippen molar-refractivity contribution in [2.45, 2.75) is 6.42 Å². The molecule has 0 aliphatic heterocycles. The van der Waals surface area contributed by atoms with E-state index in [9.17, 15) is 4.79 Å². The summed E-state index contributed by atoms with van der Waals surface area (Å²) < 4.78 is 6.02. The minimum Gasteiger partial charge on any atom is -0.493 e. The Kier molecular flexibility index (Phi) is 2.62. The number of ketones is 1. The fraction of sp³-hybridized carbons (Fsp3) is 0.278. The lowest BCUT2D eigenvalue weighted by molar-refractivity contribution is -0.121. The summed E-state index contributed by atoms with van der Waals surface area (Å²) in [7, 11) is 0. The predicted octanol–water partition coefficient (Wildman–Crippen LogP) is 3.61. The van der Waals surface area contributed by atoms with E-state index in [2.05, 4.69) is 30.4 Å². The van der Waals surface area contributed by atoms with Crippen LogP contribution in [0.4, 0.5) is 0 Å². The highest BCUT2D eigenvalue weighted by molar-refractivity contribution is 5.92. The second-order valence-corrected chi connectivity index (χ2v) is 5.70. The maximum Gasteiger partial charge on any atom is 0.146 e. The molecule has 2 bridgehead atoms. The number of allylic oxidation sites excluding steroid dienone is 2. The van der Waals surface area contributed by atoms with Crippen LogP contribution in [0.1, 0.15) is 6.42 Å². The maximum atomic E-state index is 11.9. The number of fused-ring (bicyclic) bond motifs is 3. The third kappa shape index (κ3) is 1.75. The number of benzene rings is 2. The molecule has 4 rings (SSSR count). The Morgan fingerprint density at radius 2 is 1.90 bits per heavy atom. The normalized spacial score (nSPS) is 27.4. The lowest BCUT2D eigenvalue weighted by Crippen LogP contribution is -2.18. The van der Waals surface area contributed by atoms with Gasteiger partial charge in [0, 0.05) is 23.1 Å². The molecule has 100 valence electrons. The van der Waals surface area contributed by atoms with Crippen LogP contribution in [0.25, 0.3) is 10.8 Å². The summed E-state index contributed by atoms with van der Waals surface area (Å²) in [5, 5.41) is 2.33. The summed E-state index contributed by atoms with van der Waals surface area (Å²) >= 11 is 0. The van der Waals surface area contributed by atoms with E-state index in [-0.39, 0.29) is 11.8 Å². The monoisotopic (exact) mass is 264 g/mol. The number of ether oxygens (including phenoxy) is 1. The summed E-state index contributed by atoms with van der Waals surface area (Å²) in [6, 6.07) is 14.3. The molecule has 2 aromatic rings. The summed E-state index contributed by atoms with van der Waals surface area (Å²) in [6.07, 6.45) is 5.07. The summed E-state index contributed by atoms with van der Waals surface area (Å²) in [5.74, 6) is 1.89. The number of hydrogen-bond donors (Lipinski definition) is 0. The van der Waals surface area contributed by atoms with Crippen molar-refractivity contribution in [1.82, 2.24) is 0 Å². The molecule has 2 aliphatic carbocycles. The highest BCUT2D eigenvalue weighted by atomic mass is 16.5. The molecule has 20 heavy (non-hydrogen) atoms. The lowest BCUT2D eigenvalue weighted by Gasteiger charge is -2.18. The largest absolute Gasteiger partial charge is 0.493 e. The highest BCUT2D eigenvalue weighted by Crippen LogP contribution is 2.41. The molecule has 1 saturated carbocycles. The molecule has 0 amide bonds. The van der Waals surface area contributed by atoms with Crippen LogP contribution in [0.5, 0.6) is 5.75 Å². The lowest BCUT2D eigenvalue weighted by atomic mass is 9.94. The molecule has 3 atom stereocenters. The van der Waals surface area contributed by atoms with Crippen molar-refractivity contribution in [3.63, 3.8) is 0 Å². The highest BCUT2D eigenvalue weighted by Gasteiger charge is 2.43. The van der Waals surface area contributed by atoms with E-state index < -0.39 is 0 Å². The predicted molar refractivity (Wildman–Crippen MR) is 78.7 cm³/mol. The number of carbonyl (C=O) groups excluding carboxylic acids is 1. The van der Waals surface area contributed by atoms with E-state index in [1.165, 1.54) is 5.39 Å². The van der Waals surface area contributed by atoms with Crippen LogP contribution in [0.3, 0.4) is 0 Å². The van der Waals surface area contributed by atoms with Gasteiger partial charge in [-0.2, -0.15) is 0 Å². The van der Waals surface area contributed by atoms with Gasteiger partial charge < -0.3 is 4.74 Å². The first-order valence-corrected chi connectivity index (χ1v) is 7.15. The Morgan fingerprint density at radius 1 is 1.05 bits per heavy atom. The zero-order valence-electron chi connectivity index (χ0n) is 11.2. The minimum absolute atomic E-state index is 0.0926. The fourth-order valence-electron chi connectivity index (χ4n) is 3.44. The second-order valence-electron chi connectivity index (χ2n) is 5.70. The van der Waals surface area contributed by atoms with Crippen molar-refractivity contribution in [3.05, 3.63) is 54.6 Å². The van der Waals surface area contributed by atoms with Crippen molar-refractivity contribution in [1.29, 1.82) is 0 Å². The molecular formula is C18H16O2. The summed E-state index contributed by atoms with van der Waals surface area (Å²) in [5.41, 5.74) is 0. The quantitative estimate of drug-likeness (QED) is 0.792. The standard InChI is InChI=1S/C18H16O2/c19-18-13-8-9-16(18)14(10-13)11-20-17-7-3-5-12-4-1-2-6-15(12)17/h1-9,13-14,16H,10-11H2. The van der Waals surface area contributed by atoms with Crippen molar-refractivity contribution in [2.24, 2.45) is 17.8 Å². The first-order valence-electron chi connectivity index (χ1n) is 7.15. The van der Waals surface area contributed by atoms with Crippen molar-refractivity contribution >= 4 is 16.6 Å². The average Bonchev–Trinajstić information content (AvgIpc) is 3.00. The van der Waals surface area contributed by atoms with Crippen LogP contribution < -0.4 is 4.74 Å². The van der Waals surface area contributed by atoms with Gasteiger partial charge >= 0.3 is 0 Å². The Morgan fingerprint density at radius 3 is 2.70 bits per heavy atom. The molecule has 0 saturated heterocycles. The van der Waals surface area contributed by atoms with Crippen molar-refractivity contribution < 1.29 is 9.53 Å². The zero-order chi connectivity index (χ0) is 13.5. The summed E-state index contributed by atoms with van der Waals surface area (Å²) in [4.78, 5) is 11.9. The molecule has 2 heteroatoms. The molecule has 2 nitrogen and oxygen atoms in total. The SMILES string of the molecule is O=C1C2C=CC1C(COc1cccc3ccccc13)C2. The molecule has 0 aromatic heterocycles. The molecule has 1 fully saturated rings. The van der Waals surface area contributed by atoms with E-state index in [4.69, 9.17) is 4.74 Å². The van der Waals surface area contributed by atoms with Gasteiger partial charge in [0.2, 0.25) is 0 Å². The van der Waals surface area contributed by atoms with Gasteiger partial charge in [0.1, 0.15) is 11.5 Å². The molecule has 2 aromatic carbocycles. The van der Waals surface area contributed by atoms with Gasteiger partial charge in [-0.1, -0.05) is 48.6 Å². The third-order valence-electron chi connectivity index (χ3n) is 4.51. The van der Waals surface area contributed by atoms with Crippen LogP contribution >= 0.6 is 0 Å². The molecule has 3 unspecified atom stereocenters. The van der Waals surface area contributed by atoms with Gasteiger partial charge in [-0.3, -0.25) is 4.79 Å². The van der Waals surface area contributed by atoms with Crippen LogP contribution in [-0.2, 0) is 4.79 Å². The molecule has 0 N–H and O–H groups in total. The van der Waals surface area contributed by atoms with E-state index in [0.29, 0.717) is 18.3 Å². The number of hydrogen-bond acceptors (Lipinski definition) is 2. The Bertz CT molecular complexity index is 696. The average molecular weight is 264 g/mol. The minimum atomic E-state index is 0.0926. The van der Waals surface area contributed by atoms with E-state index in [1.54, 1.807) is 0 Å². The molecule has 2 aliphatic rings. The molecule has 0 radical (unpaired) electrons. The van der Waals surface area contributed by atoms with Crippen LogP contribution in [0, 0.1) is 17.8 Å². The van der Waals surface area contributed by atoms with Gasteiger partial charge in [0.05, 0.1) is 6.61 Å². The van der Waals surface area contributed by atoms with Gasteiger partial charge in [0.25, 0.3) is 0 Å².